The molecule has 1 aliphatic heterocycles. The molecule has 1 saturated carbocycles. The van der Waals surface area contributed by atoms with Gasteiger partial charge in [-0.2, -0.15) is 0 Å². The molecule has 5 rings (SSSR count). The molecule has 0 bridgehead atoms. The van der Waals surface area contributed by atoms with Crippen molar-refractivity contribution in [2.24, 2.45) is 11.8 Å². The van der Waals surface area contributed by atoms with Crippen LogP contribution in [0.3, 0.4) is 0 Å². The summed E-state index contributed by atoms with van der Waals surface area (Å²) in [4.78, 5) is 35.5. The number of hydrogen-bond donors (Lipinski definition) is 2. The highest BCUT2D eigenvalue weighted by molar-refractivity contribution is 6.32. The predicted molar refractivity (Wildman–Crippen MR) is 123 cm³/mol. The summed E-state index contributed by atoms with van der Waals surface area (Å²) in [7, 11) is 0. The maximum atomic E-state index is 13.1. The summed E-state index contributed by atoms with van der Waals surface area (Å²) in [6.07, 6.45) is 2.94. The highest BCUT2D eigenvalue weighted by Crippen LogP contribution is 2.46. The second-order valence-corrected chi connectivity index (χ2v) is 9.35. The lowest BCUT2D eigenvalue weighted by Gasteiger charge is -2.23. The maximum Gasteiger partial charge on any atom is 0.356 e. The van der Waals surface area contributed by atoms with Crippen LogP contribution in [0.4, 0.5) is 11.5 Å². The maximum absolute atomic E-state index is 13.1. The van der Waals surface area contributed by atoms with E-state index in [1.165, 1.54) is 16.9 Å². The van der Waals surface area contributed by atoms with Crippen molar-refractivity contribution in [3.05, 3.63) is 61.7 Å². The number of pyridine rings is 2. The van der Waals surface area contributed by atoms with Crippen LogP contribution in [0.5, 0.6) is 0 Å². The van der Waals surface area contributed by atoms with Crippen molar-refractivity contribution in [2.45, 2.75) is 26.3 Å². The summed E-state index contributed by atoms with van der Waals surface area (Å²) < 4.78 is 1.46. The second-order valence-electron chi connectivity index (χ2n) is 8.58. The van der Waals surface area contributed by atoms with E-state index in [0.717, 1.165) is 24.2 Å². The molecule has 10 heteroatoms. The van der Waals surface area contributed by atoms with Gasteiger partial charge in [0.1, 0.15) is 15.8 Å². The van der Waals surface area contributed by atoms with Gasteiger partial charge in [-0.05, 0) is 55.9 Å². The number of anilines is 2. The predicted octanol–water partition coefficient (Wildman–Crippen LogP) is 4.03. The highest BCUT2D eigenvalue weighted by Gasteiger charge is 2.46. The van der Waals surface area contributed by atoms with Crippen molar-refractivity contribution in [1.82, 2.24) is 14.4 Å². The highest BCUT2D eigenvalue weighted by atomic mass is 35.5. The number of nitrogens with zero attached hydrogens (tertiary/aromatic N) is 4. The van der Waals surface area contributed by atoms with Crippen molar-refractivity contribution in [3.8, 4) is 0 Å². The van der Waals surface area contributed by atoms with E-state index in [9.17, 15) is 14.7 Å². The zero-order valence-electron chi connectivity index (χ0n) is 17.5. The Hall–Kier alpha value is -2.84. The molecule has 3 aromatic rings. The number of hydrogen-bond acceptors (Lipinski definition) is 6. The summed E-state index contributed by atoms with van der Waals surface area (Å²) in [5.74, 6) is 0.653. The van der Waals surface area contributed by atoms with Crippen molar-refractivity contribution in [1.29, 1.82) is 0 Å². The molecule has 2 N–H and O–H groups in total. The van der Waals surface area contributed by atoms with E-state index in [4.69, 9.17) is 28.2 Å². The van der Waals surface area contributed by atoms with Gasteiger partial charge in [0.15, 0.2) is 11.5 Å². The SMILES string of the molecule is Cc1cc([C@@H](C)Nc2ccc(Cl)nc2C(=O)O)c2nc(N3CC4CC4C3)c(Cl)c(=O)n2c1. The lowest BCUT2D eigenvalue weighted by molar-refractivity contribution is 0.0691. The molecule has 4 heterocycles. The third-order valence-corrected chi connectivity index (χ3v) is 6.74. The van der Waals surface area contributed by atoms with Crippen molar-refractivity contribution < 1.29 is 9.90 Å². The van der Waals surface area contributed by atoms with Crippen molar-refractivity contribution >= 4 is 46.3 Å². The van der Waals surface area contributed by atoms with E-state index in [1.807, 2.05) is 19.9 Å². The smallest absolute Gasteiger partial charge is 0.356 e. The Morgan fingerprint density at radius 1 is 1.25 bits per heavy atom. The average molecular weight is 474 g/mol. The number of carboxylic acid groups (broad SMARTS) is 1. The number of carboxylic acids is 1. The number of nitrogens with one attached hydrogen (secondary N) is 1. The minimum atomic E-state index is -1.19. The Kier molecular flexibility index (Phi) is 5.02. The number of halogens is 2. The van der Waals surface area contributed by atoms with Crippen LogP contribution in [0.1, 0.15) is 41.0 Å². The molecule has 166 valence electrons. The molecular weight excluding hydrogens is 453 g/mol. The molecule has 0 radical (unpaired) electrons. The fourth-order valence-corrected chi connectivity index (χ4v) is 4.90. The lowest BCUT2D eigenvalue weighted by atomic mass is 10.1. The van der Waals surface area contributed by atoms with Gasteiger partial charge in [0, 0.05) is 24.8 Å². The van der Waals surface area contributed by atoms with Crippen LogP contribution < -0.4 is 15.8 Å². The van der Waals surface area contributed by atoms with Crippen LogP contribution in [0.25, 0.3) is 5.65 Å². The fraction of sp³-hybridized carbons (Fsp3) is 0.364. The molecule has 2 aliphatic rings. The monoisotopic (exact) mass is 473 g/mol. The van der Waals surface area contributed by atoms with Crippen LogP contribution in [0, 0.1) is 18.8 Å². The fourth-order valence-electron chi connectivity index (χ4n) is 4.50. The van der Waals surface area contributed by atoms with Gasteiger partial charge in [-0.15, -0.1) is 0 Å². The van der Waals surface area contributed by atoms with E-state index in [2.05, 4.69) is 15.2 Å². The standard InChI is InChI=1S/C22H21Cl2N5O3/c1-10-5-14(11(2)25-15-3-4-16(23)26-18(15)22(31)32)19-27-20(17(24)21(30)29(19)7-10)28-8-12-6-13(12)9-28/h3-5,7,11-13,25H,6,8-9H2,1-2H3,(H,31,32)/t11-,12?,13?/m1/s1. The van der Waals surface area contributed by atoms with E-state index >= 15 is 0 Å². The van der Waals surface area contributed by atoms with Crippen LogP contribution >= 0.6 is 23.2 Å². The summed E-state index contributed by atoms with van der Waals surface area (Å²) in [6, 6.07) is 4.66. The van der Waals surface area contributed by atoms with Crippen LogP contribution in [0.2, 0.25) is 10.2 Å². The Balaban J connectivity index is 1.60. The van der Waals surface area contributed by atoms with Crippen molar-refractivity contribution in [2.75, 3.05) is 23.3 Å². The summed E-state index contributed by atoms with van der Waals surface area (Å²) in [5, 5.41) is 12.9. The largest absolute Gasteiger partial charge is 0.476 e. The normalized spacial score (nSPS) is 20.3. The first-order valence-electron chi connectivity index (χ1n) is 10.4. The van der Waals surface area contributed by atoms with Gasteiger partial charge in [0.2, 0.25) is 0 Å². The van der Waals surface area contributed by atoms with E-state index < -0.39 is 5.97 Å². The Morgan fingerprint density at radius 3 is 2.66 bits per heavy atom. The summed E-state index contributed by atoms with van der Waals surface area (Å²) in [5.41, 5.74) is 1.92. The Morgan fingerprint density at radius 2 is 1.97 bits per heavy atom. The third kappa shape index (κ3) is 3.57. The van der Waals surface area contributed by atoms with Gasteiger partial charge < -0.3 is 15.3 Å². The molecule has 2 fully saturated rings. The van der Waals surface area contributed by atoms with Crippen LogP contribution in [-0.4, -0.2) is 38.5 Å². The average Bonchev–Trinajstić information content (AvgIpc) is 3.36. The van der Waals surface area contributed by atoms with Crippen molar-refractivity contribution in [3.63, 3.8) is 0 Å². The first-order chi connectivity index (χ1) is 15.2. The van der Waals surface area contributed by atoms with E-state index in [1.54, 1.807) is 12.3 Å². The lowest BCUT2D eigenvalue weighted by Crippen LogP contribution is -2.28. The molecule has 8 nitrogen and oxygen atoms in total. The Labute approximate surface area is 193 Å². The molecule has 0 aromatic carbocycles. The summed E-state index contributed by atoms with van der Waals surface area (Å²) in [6.45, 7) is 5.48. The van der Waals surface area contributed by atoms with Gasteiger partial charge in [-0.1, -0.05) is 23.2 Å². The van der Waals surface area contributed by atoms with Gasteiger partial charge in [-0.25, -0.2) is 14.8 Å². The zero-order valence-corrected chi connectivity index (χ0v) is 19.0. The summed E-state index contributed by atoms with van der Waals surface area (Å²) >= 11 is 12.3. The number of fused-ring (bicyclic) bond motifs is 2. The molecule has 0 spiro atoms. The van der Waals surface area contributed by atoms with Gasteiger partial charge in [-0.3, -0.25) is 9.20 Å². The van der Waals surface area contributed by atoms with E-state index in [-0.39, 0.29) is 27.5 Å². The quantitative estimate of drug-likeness (QED) is 0.539. The number of carbonyl (C=O) groups is 1. The van der Waals surface area contributed by atoms with Gasteiger partial charge in [0.25, 0.3) is 5.56 Å². The molecule has 2 unspecified atom stereocenters. The molecule has 32 heavy (non-hydrogen) atoms. The number of aromatic nitrogens is 3. The minimum Gasteiger partial charge on any atom is -0.476 e. The first kappa shape index (κ1) is 21.0. The molecule has 0 amide bonds. The second kappa shape index (κ2) is 7.64. The van der Waals surface area contributed by atoms with Gasteiger partial charge >= 0.3 is 5.97 Å². The number of aromatic carboxylic acids is 1. The topological polar surface area (TPSA) is 99.8 Å². The molecular formula is C22H21Cl2N5O3. The van der Waals surface area contributed by atoms with E-state index in [0.29, 0.717) is 29.0 Å². The van der Waals surface area contributed by atoms with Crippen LogP contribution in [-0.2, 0) is 0 Å². The number of aryl methyl sites for hydroxylation is 1. The molecule has 3 atom stereocenters. The molecule has 1 aliphatic carbocycles. The minimum absolute atomic E-state index is 0.0952. The molecule has 3 aromatic heterocycles. The van der Waals surface area contributed by atoms with Gasteiger partial charge in [0.05, 0.1) is 11.7 Å². The van der Waals surface area contributed by atoms with Crippen LogP contribution in [0.15, 0.2) is 29.2 Å². The molecule has 1 saturated heterocycles. The number of piperidine rings is 1. The third-order valence-electron chi connectivity index (χ3n) is 6.20. The zero-order chi connectivity index (χ0) is 22.7. The Bertz CT molecular complexity index is 1320. The number of rotatable bonds is 5. The first-order valence-corrected chi connectivity index (χ1v) is 11.1.